The van der Waals surface area contributed by atoms with E-state index in [4.69, 9.17) is 44.3 Å². The number of carbonyl (C=O) groups excluding carboxylic acids is 1. The van der Waals surface area contributed by atoms with E-state index in [9.17, 15) is 15.0 Å². The molecular weight excluding hydrogens is 659 g/mol. The fraction of sp³-hybridized carbons (Fsp3) is 0.324. The number of aliphatic hydroxyl groups excluding tert-OH is 2. The molecule has 5 atom stereocenters. The van der Waals surface area contributed by atoms with Gasteiger partial charge in [0.25, 0.3) is 9.70 Å². The Morgan fingerprint density at radius 1 is 0.894 bits per heavy atom. The molecule has 1 fully saturated rings. The van der Waals surface area contributed by atoms with E-state index in [2.05, 4.69) is 10.2 Å². The average molecular weight is 698 g/mol. The monoisotopic (exact) mass is 696 g/mol. The van der Waals surface area contributed by atoms with Gasteiger partial charge in [0.15, 0.2) is 6.29 Å². The molecule has 0 spiro atoms. The zero-order valence-electron chi connectivity index (χ0n) is 26.2. The van der Waals surface area contributed by atoms with Gasteiger partial charge in [-0.05, 0) is 53.4 Å². The van der Waals surface area contributed by atoms with Crippen LogP contribution >= 0.6 is 34.8 Å². The SMILES string of the molecule is C[C@@H]([C@H](O)c1ccccc1)N(C)C[C@@H]1C[C@H](c2ccc(CO)cc2)O[C@H](c2ccc(-c3cccc(CNC(=O)C(Cl)(Cl)Cl)c3)cc2)O1. The Kier molecular flexibility index (Phi) is 12.0. The van der Waals surface area contributed by atoms with E-state index in [1.54, 1.807) is 0 Å². The summed E-state index contributed by atoms with van der Waals surface area (Å²) < 4.78 is 11.1. The molecule has 5 rings (SSSR count). The molecule has 0 saturated carbocycles. The lowest BCUT2D eigenvalue weighted by atomic mass is 9.98. The first-order valence-electron chi connectivity index (χ1n) is 15.5. The number of nitrogens with one attached hydrogen (secondary N) is 1. The minimum absolute atomic E-state index is 0.0224. The third-order valence-electron chi connectivity index (χ3n) is 8.55. The largest absolute Gasteiger partial charge is 0.392 e. The Labute approximate surface area is 291 Å². The molecule has 0 unspecified atom stereocenters. The van der Waals surface area contributed by atoms with E-state index in [0.717, 1.165) is 38.9 Å². The van der Waals surface area contributed by atoms with Crippen LogP contribution in [-0.4, -0.2) is 50.6 Å². The lowest BCUT2D eigenvalue weighted by Crippen LogP contribution is -2.43. The van der Waals surface area contributed by atoms with Gasteiger partial charge in [0.2, 0.25) is 0 Å². The van der Waals surface area contributed by atoms with Crippen molar-refractivity contribution in [3.05, 3.63) is 131 Å². The number of rotatable bonds is 11. The van der Waals surface area contributed by atoms with Gasteiger partial charge in [-0.25, -0.2) is 0 Å². The zero-order valence-corrected chi connectivity index (χ0v) is 28.5. The first kappa shape index (κ1) is 35.3. The molecule has 4 aromatic rings. The summed E-state index contributed by atoms with van der Waals surface area (Å²) in [7, 11) is 2.00. The van der Waals surface area contributed by atoms with Crippen molar-refractivity contribution in [2.24, 2.45) is 0 Å². The summed E-state index contributed by atoms with van der Waals surface area (Å²) in [6.45, 7) is 2.81. The molecule has 1 aliphatic heterocycles. The molecule has 1 heterocycles. The summed E-state index contributed by atoms with van der Waals surface area (Å²) in [5.74, 6) is -0.682. The number of benzene rings is 4. The third-order valence-corrected chi connectivity index (χ3v) is 9.07. The van der Waals surface area contributed by atoms with Crippen molar-refractivity contribution in [1.82, 2.24) is 10.2 Å². The van der Waals surface area contributed by atoms with Gasteiger partial charge in [-0.2, -0.15) is 0 Å². The second kappa shape index (κ2) is 15.9. The number of halogens is 3. The highest BCUT2D eigenvalue weighted by Crippen LogP contribution is 2.39. The van der Waals surface area contributed by atoms with Crippen LogP contribution in [0.2, 0.25) is 0 Å². The molecule has 0 radical (unpaired) electrons. The number of alkyl halides is 3. The number of carbonyl (C=O) groups is 1. The lowest BCUT2D eigenvalue weighted by Gasteiger charge is -2.39. The van der Waals surface area contributed by atoms with Crippen molar-refractivity contribution < 1.29 is 24.5 Å². The molecule has 10 heteroatoms. The predicted molar refractivity (Wildman–Crippen MR) is 186 cm³/mol. The van der Waals surface area contributed by atoms with E-state index in [-0.39, 0.29) is 31.4 Å². The van der Waals surface area contributed by atoms with Crippen molar-refractivity contribution in [3.63, 3.8) is 0 Å². The summed E-state index contributed by atoms with van der Waals surface area (Å²) in [6.07, 6.45) is -1.03. The van der Waals surface area contributed by atoms with E-state index >= 15 is 0 Å². The molecule has 1 amide bonds. The Morgan fingerprint density at radius 3 is 2.23 bits per heavy atom. The summed E-state index contributed by atoms with van der Waals surface area (Å²) in [4.78, 5) is 14.1. The van der Waals surface area contributed by atoms with Gasteiger partial charge in [-0.3, -0.25) is 9.69 Å². The predicted octanol–water partition coefficient (Wildman–Crippen LogP) is 7.43. The maximum Gasteiger partial charge on any atom is 0.272 e. The van der Waals surface area contributed by atoms with Crippen molar-refractivity contribution in [1.29, 1.82) is 0 Å². The lowest BCUT2D eigenvalue weighted by molar-refractivity contribution is -0.253. The maximum absolute atomic E-state index is 12.0. The van der Waals surface area contributed by atoms with Crippen LogP contribution in [0.3, 0.4) is 0 Å². The highest BCUT2D eigenvalue weighted by molar-refractivity contribution is 6.76. The molecule has 0 bridgehead atoms. The second-order valence-corrected chi connectivity index (χ2v) is 14.2. The van der Waals surface area contributed by atoms with Crippen LogP contribution in [0.4, 0.5) is 0 Å². The smallest absolute Gasteiger partial charge is 0.272 e. The molecule has 3 N–H and O–H groups in total. The van der Waals surface area contributed by atoms with E-state index in [0.29, 0.717) is 13.0 Å². The number of amides is 1. The van der Waals surface area contributed by atoms with Gasteiger partial charge in [-0.15, -0.1) is 0 Å². The number of aliphatic hydroxyl groups is 2. The van der Waals surface area contributed by atoms with Crippen molar-refractivity contribution in [3.8, 4) is 11.1 Å². The normalized spacial score (nSPS) is 19.7. The van der Waals surface area contributed by atoms with Gasteiger partial charge < -0.3 is 25.0 Å². The van der Waals surface area contributed by atoms with Gasteiger partial charge in [0.1, 0.15) is 0 Å². The molecule has 1 aliphatic rings. The number of nitrogens with zero attached hydrogens (tertiary/aromatic N) is 1. The summed E-state index contributed by atoms with van der Waals surface area (Å²) >= 11 is 17.0. The molecule has 47 heavy (non-hydrogen) atoms. The van der Waals surface area contributed by atoms with Gasteiger partial charge in [-0.1, -0.05) is 132 Å². The molecule has 248 valence electrons. The first-order chi connectivity index (χ1) is 22.5. The Morgan fingerprint density at radius 2 is 1.57 bits per heavy atom. The summed E-state index contributed by atoms with van der Waals surface area (Å²) in [5, 5.41) is 23.2. The van der Waals surface area contributed by atoms with Gasteiger partial charge >= 0.3 is 0 Å². The Balaban J connectivity index is 1.32. The maximum atomic E-state index is 12.0. The van der Waals surface area contributed by atoms with Crippen LogP contribution in [0.5, 0.6) is 0 Å². The highest BCUT2D eigenvalue weighted by Gasteiger charge is 2.34. The fourth-order valence-corrected chi connectivity index (χ4v) is 5.87. The molecule has 0 aliphatic carbocycles. The molecule has 7 nitrogen and oxygen atoms in total. The molecule has 1 saturated heterocycles. The zero-order chi connectivity index (χ0) is 33.6. The Bertz CT molecular complexity index is 1600. The average Bonchev–Trinajstić information content (AvgIpc) is 3.10. The Hall–Kier alpha value is -2.98. The highest BCUT2D eigenvalue weighted by atomic mass is 35.6. The van der Waals surface area contributed by atoms with E-state index < -0.39 is 22.1 Å². The summed E-state index contributed by atoms with van der Waals surface area (Å²) in [5.41, 5.74) is 6.41. The van der Waals surface area contributed by atoms with Crippen LogP contribution in [-0.2, 0) is 27.4 Å². The third kappa shape index (κ3) is 9.34. The van der Waals surface area contributed by atoms with Crippen molar-refractivity contribution >= 4 is 40.7 Å². The number of likely N-dealkylation sites (N-methyl/N-ethyl adjacent to an activating group) is 1. The molecule has 4 aromatic carbocycles. The van der Waals surface area contributed by atoms with Crippen LogP contribution in [0.1, 0.15) is 59.7 Å². The van der Waals surface area contributed by atoms with Crippen LogP contribution in [0.15, 0.2) is 103 Å². The van der Waals surface area contributed by atoms with Crippen molar-refractivity contribution in [2.45, 2.75) is 60.9 Å². The topological polar surface area (TPSA) is 91.3 Å². The second-order valence-electron chi connectivity index (χ2n) is 11.9. The quantitative estimate of drug-likeness (QED) is 0.141. The standard InChI is InChI=1S/C37H39Cl3N2O5/c1-24(34(44)29-8-4-3-5-9-29)42(2)22-32-20-33(28-13-11-25(23-43)12-14-28)47-35(46-32)30-17-15-27(16-18-30)31-10-6-7-26(19-31)21-41-36(45)37(38,39)40/h3-19,24,32-35,43-44H,20-23H2,1-2H3,(H,41,45)/t24-,32-,33+,34-,35+/m0/s1. The van der Waals surface area contributed by atoms with Crippen LogP contribution < -0.4 is 5.32 Å². The first-order valence-corrected chi connectivity index (χ1v) is 16.6. The minimum Gasteiger partial charge on any atom is -0.392 e. The molecule has 0 aromatic heterocycles. The van der Waals surface area contributed by atoms with Crippen LogP contribution in [0, 0.1) is 0 Å². The van der Waals surface area contributed by atoms with Gasteiger partial charge in [0, 0.05) is 31.1 Å². The van der Waals surface area contributed by atoms with E-state index in [1.807, 2.05) is 117 Å². The summed E-state index contributed by atoms with van der Waals surface area (Å²) in [6, 6.07) is 33.1. The molecular formula is C37H39Cl3N2O5. The van der Waals surface area contributed by atoms with E-state index in [1.165, 1.54) is 0 Å². The number of hydrogen-bond acceptors (Lipinski definition) is 6. The minimum atomic E-state index is -2.02. The van der Waals surface area contributed by atoms with Crippen LogP contribution in [0.25, 0.3) is 11.1 Å². The van der Waals surface area contributed by atoms with Gasteiger partial charge in [0.05, 0.1) is 24.9 Å². The number of ether oxygens (including phenoxy) is 2. The van der Waals surface area contributed by atoms with Crippen molar-refractivity contribution in [2.75, 3.05) is 13.6 Å². The number of hydrogen-bond donors (Lipinski definition) is 3. The fourth-order valence-electron chi connectivity index (χ4n) is 5.67.